The summed E-state index contributed by atoms with van der Waals surface area (Å²) in [5.74, 6) is 0. The van der Waals surface area contributed by atoms with Gasteiger partial charge in [0.05, 0.1) is 12.2 Å². The van der Waals surface area contributed by atoms with Crippen molar-refractivity contribution in [3.63, 3.8) is 0 Å². The fourth-order valence-corrected chi connectivity index (χ4v) is 2.92. The molecule has 2 nitrogen and oxygen atoms in total. The lowest BCUT2D eigenvalue weighted by molar-refractivity contribution is 0.0833. The third-order valence-corrected chi connectivity index (χ3v) is 4.60. The number of ether oxygens (including phenoxy) is 2. The molecule has 2 atom stereocenters. The number of unbranched alkanes of at least 4 members (excludes halogenated alkanes) is 9. The van der Waals surface area contributed by atoms with Gasteiger partial charge < -0.3 is 9.47 Å². The summed E-state index contributed by atoms with van der Waals surface area (Å²) in [6.45, 7) is 6.20. The summed E-state index contributed by atoms with van der Waals surface area (Å²) >= 11 is 0. The van der Waals surface area contributed by atoms with Crippen molar-refractivity contribution in [2.24, 2.45) is 0 Å². The molecule has 0 rings (SSSR count). The highest BCUT2D eigenvalue weighted by molar-refractivity contribution is 4.60. The molecule has 0 saturated carbocycles. The van der Waals surface area contributed by atoms with E-state index in [4.69, 9.17) is 9.47 Å². The molecule has 0 aliphatic carbocycles. The smallest absolute Gasteiger partial charge is 0.0572 e. The van der Waals surface area contributed by atoms with Gasteiger partial charge in [-0.15, -0.1) is 0 Å². The van der Waals surface area contributed by atoms with Crippen molar-refractivity contribution < 1.29 is 9.47 Å². The van der Waals surface area contributed by atoms with Crippen molar-refractivity contribution in [3.05, 3.63) is 6.92 Å². The molecule has 0 saturated heterocycles. The van der Waals surface area contributed by atoms with Crippen molar-refractivity contribution in [1.29, 1.82) is 0 Å². The first-order valence-electron chi connectivity index (χ1n) is 9.63. The van der Waals surface area contributed by atoms with E-state index in [2.05, 4.69) is 13.8 Å². The highest BCUT2D eigenvalue weighted by Gasteiger charge is 2.06. The van der Waals surface area contributed by atoms with Gasteiger partial charge in [0.25, 0.3) is 0 Å². The molecule has 22 heavy (non-hydrogen) atoms. The zero-order valence-electron chi connectivity index (χ0n) is 15.6. The average Bonchev–Trinajstić information content (AvgIpc) is 2.54. The van der Waals surface area contributed by atoms with Gasteiger partial charge in [0.15, 0.2) is 0 Å². The van der Waals surface area contributed by atoms with Gasteiger partial charge in [0.2, 0.25) is 0 Å². The lowest BCUT2D eigenvalue weighted by Crippen LogP contribution is -2.10. The molecule has 0 spiro atoms. The van der Waals surface area contributed by atoms with E-state index in [1.54, 1.807) is 7.11 Å². The number of hydrogen-bond acceptors (Lipinski definition) is 2. The summed E-state index contributed by atoms with van der Waals surface area (Å²) in [7, 11) is 3.62. The Morgan fingerprint density at radius 2 is 1.09 bits per heavy atom. The molecule has 133 valence electrons. The van der Waals surface area contributed by atoms with Gasteiger partial charge >= 0.3 is 0 Å². The van der Waals surface area contributed by atoms with Crippen LogP contribution in [0.1, 0.15) is 96.8 Å². The van der Waals surface area contributed by atoms with Gasteiger partial charge in [0.1, 0.15) is 0 Å². The van der Waals surface area contributed by atoms with Gasteiger partial charge in [-0.05, 0) is 26.2 Å². The Labute approximate surface area is 140 Å². The number of methoxy groups -OCH3 is 2. The topological polar surface area (TPSA) is 18.5 Å². The van der Waals surface area contributed by atoms with Crippen LogP contribution in [0.25, 0.3) is 0 Å². The lowest BCUT2D eigenvalue weighted by Gasteiger charge is -2.14. The third kappa shape index (κ3) is 14.8. The Morgan fingerprint density at radius 1 is 0.636 bits per heavy atom. The fraction of sp³-hybridized carbons (Fsp3) is 0.950. The summed E-state index contributed by atoms with van der Waals surface area (Å²) in [4.78, 5) is 0. The van der Waals surface area contributed by atoms with E-state index in [1.807, 2.05) is 7.11 Å². The molecule has 0 aromatic rings. The largest absolute Gasteiger partial charge is 0.381 e. The maximum absolute atomic E-state index is 5.58. The second-order valence-corrected chi connectivity index (χ2v) is 6.62. The maximum atomic E-state index is 5.58. The van der Waals surface area contributed by atoms with Crippen LogP contribution in [0.5, 0.6) is 0 Å². The molecular weight excluding hydrogens is 272 g/mol. The van der Waals surface area contributed by atoms with Crippen molar-refractivity contribution in [3.8, 4) is 0 Å². The van der Waals surface area contributed by atoms with E-state index in [0.29, 0.717) is 6.10 Å². The molecule has 0 heterocycles. The Morgan fingerprint density at radius 3 is 1.55 bits per heavy atom. The quantitative estimate of drug-likeness (QED) is 0.292. The Hall–Kier alpha value is -0.0800. The Kier molecular flexibility index (Phi) is 17.2. The highest BCUT2D eigenvalue weighted by atomic mass is 16.5. The first-order valence-corrected chi connectivity index (χ1v) is 9.63. The van der Waals surface area contributed by atoms with Crippen LogP contribution in [0.2, 0.25) is 0 Å². The summed E-state index contributed by atoms with van der Waals surface area (Å²) in [6.07, 6.45) is 19.1. The minimum atomic E-state index is 0.186. The van der Waals surface area contributed by atoms with Crippen LogP contribution >= 0.6 is 0 Å². The zero-order chi connectivity index (χ0) is 16.5. The van der Waals surface area contributed by atoms with Crippen LogP contribution in [0, 0.1) is 6.92 Å². The molecule has 0 aliphatic heterocycles. The Balaban J connectivity index is 3.24. The summed E-state index contributed by atoms with van der Waals surface area (Å²) < 4.78 is 10.7. The van der Waals surface area contributed by atoms with E-state index in [1.165, 1.54) is 83.5 Å². The van der Waals surface area contributed by atoms with Crippen LogP contribution in [0.3, 0.4) is 0 Å². The fourth-order valence-electron chi connectivity index (χ4n) is 2.92. The van der Waals surface area contributed by atoms with Crippen LogP contribution < -0.4 is 0 Å². The average molecular weight is 314 g/mol. The SMILES string of the molecule is [CH2]C(CCCCCCCCCCC(CCCCC)OC)OC. The molecule has 0 aliphatic rings. The van der Waals surface area contributed by atoms with Gasteiger partial charge in [-0.1, -0.05) is 77.6 Å². The van der Waals surface area contributed by atoms with Crippen LogP contribution in [-0.2, 0) is 9.47 Å². The second kappa shape index (κ2) is 17.3. The van der Waals surface area contributed by atoms with E-state index < -0.39 is 0 Å². The first-order chi connectivity index (χ1) is 10.7. The first kappa shape index (κ1) is 21.9. The van der Waals surface area contributed by atoms with Gasteiger partial charge in [-0.2, -0.15) is 0 Å². The van der Waals surface area contributed by atoms with Crippen LogP contribution in [0.15, 0.2) is 0 Å². The molecule has 0 bridgehead atoms. The second-order valence-electron chi connectivity index (χ2n) is 6.62. The molecular formula is C20H41O2. The number of rotatable bonds is 17. The van der Waals surface area contributed by atoms with Gasteiger partial charge in [0, 0.05) is 14.2 Å². The van der Waals surface area contributed by atoms with Crippen molar-refractivity contribution in [2.75, 3.05) is 14.2 Å². The molecule has 0 aromatic carbocycles. The van der Waals surface area contributed by atoms with E-state index in [9.17, 15) is 0 Å². The predicted molar refractivity (Wildman–Crippen MR) is 97.3 cm³/mol. The highest BCUT2D eigenvalue weighted by Crippen LogP contribution is 2.15. The van der Waals surface area contributed by atoms with Crippen LogP contribution in [-0.4, -0.2) is 26.4 Å². The molecule has 0 N–H and O–H groups in total. The van der Waals surface area contributed by atoms with E-state index in [0.717, 1.165) is 6.42 Å². The summed E-state index contributed by atoms with van der Waals surface area (Å²) in [5.41, 5.74) is 0. The maximum Gasteiger partial charge on any atom is 0.0572 e. The molecule has 2 unspecified atom stereocenters. The molecule has 0 fully saturated rings. The monoisotopic (exact) mass is 313 g/mol. The normalized spacial score (nSPS) is 14.2. The third-order valence-electron chi connectivity index (χ3n) is 4.60. The van der Waals surface area contributed by atoms with E-state index >= 15 is 0 Å². The lowest BCUT2D eigenvalue weighted by atomic mass is 10.0. The molecule has 0 amide bonds. The zero-order valence-corrected chi connectivity index (χ0v) is 15.6. The number of hydrogen-bond donors (Lipinski definition) is 0. The summed E-state index contributed by atoms with van der Waals surface area (Å²) in [5, 5.41) is 0. The Bertz CT molecular complexity index is 206. The van der Waals surface area contributed by atoms with Gasteiger partial charge in [-0.25, -0.2) is 0 Å². The standard InChI is InChI=1S/C20H41O2/c1-5-6-13-17-20(22-4)18-15-12-10-8-7-9-11-14-16-19(2)21-3/h19-20H,2,5-18H2,1,3-4H3. The van der Waals surface area contributed by atoms with Gasteiger partial charge in [-0.3, -0.25) is 0 Å². The minimum Gasteiger partial charge on any atom is -0.381 e. The van der Waals surface area contributed by atoms with Crippen molar-refractivity contribution in [1.82, 2.24) is 0 Å². The van der Waals surface area contributed by atoms with Crippen LogP contribution in [0.4, 0.5) is 0 Å². The predicted octanol–water partition coefficient (Wildman–Crippen LogP) is 6.33. The molecule has 2 heteroatoms. The van der Waals surface area contributed by atoms with E-state index in [-0.39, 0.29) is 6.10 Å². The summed E-state index contributed by atoms with van der Waals surface area (Å²) in [6, 6.07) is 0. The minimum absolute atomic E-state index is 0.186. The molecule has 1 radical (unpaired) electrons. The molecule has 0 aromatic heterocycles. The van der Waals surface area contributed by atoms with Crippen molar-refractivity contribution in [2.45, 2.75) is 109 Å². The van der Waals surface area contributed by atoms with Crippen molar-refractivity contribution >= 4 is 0 Å².